The zero-order valence-electron chi connectivity index (χ0n) is 38.2. The number of hydrogen-bond donors (Lipinski definition) is 0. The molecule has 65 heavy (non-hydrogen) atoms. The molecule has 320 valence electrons. The van der Waals surface area contributed by atoms with Crippen molar-refractivity contribution in [2.24, 2.45) is 0 Å². The van der Waals surface area contributed by atoms with Crippen LogP contribution in [0.3, 0.4) is 0 Å². The molecule has 0 fully saturated rings. The zero-order chi connectivity index (χ0) is 44.7. The van der Waals surface area contributed by atoms with Crippen molar-refractivity contribution in [3.63, 3.8) is 0 Å². The molecule has 0 radical (unpaired) electrons. The molecule has 0 spiro atoms. The highest BCUT2D eigenvalue weighted by Crippen LogP contribution is 2.47. The molecule has 0 bridgehead atoms. The third-order valence-electron chi connectivity index (χ3n) is 13.7. The van der Waals surface area contributed by atoms with Crippen LogP contribution in [-0.2, 0) is 16.2 Å². The minimum Gasteiger partial charge on any atom is -0.460 e. The Bertz CT molecular complexity index is 3380. The van der Waals surface area contributed by atoms with E-state index in [-0.39, 0.29) is 16.2 Å². The predicted molar refractivity (Wildman–Crippen MR) is 266 cm³/mol. The monoisotopic (exact) mass is 847 g/mol. The van der Waals surface area contributed by atoms with Gasteiger partial charge in [0.25, 0.3) is 6.33 Å². The maximum Gasteiger partial charge on any atom is 0.270 e. The van der Waals surface area contributed by atoms with Crippen molar-refractivity contribution in [1.29, 1.82) is 0 Å². The summed E-state index contributed by atoms with van der Waals surface area (Å²) in [4.78, 5) is 5.15. The number of hydrogen-bond acceptors (Lipinski definition) is 3. The molecule has 7 aromatic carbocycles. The average Bonchev–Trinajstić information content (AvgIpc) is 3.89. The lowest BCUT2D eigenvalue weighted by atomic mass is 9.63. The van der Waals surface area contributed by atoms with E-state index in [0.29, 0.717) is 5.75 Å². The SMILES string of the molecule is CC(C)(C)c1cc(Oc2cc(-[n+]3[c-]n(-c4c(-c5ccccc5)cccc4-c4ccccc4)c4ccccc43)c3oc4ccccc4c3c2)cc(-c2cc3c(cn2)C(C)(C)CCC3(C)C)c1. The van der Waals surface area contributed by atoms with Crippen LogP contribution in [0, 0.1) is 6.33 Å². The van der Waals surface area contributed by atoms with Crippen LogP contribution in [-0.4, -0.2) is 9.55 Å². The molecule has 11 rings (SSSR count). The van der Waals surface area contributed by atoms with Crippen LogP contribution >= 0.6 is 0 Å². The molecule has 5 nitrogen and oxygen atoms in total. The summed E-state index contributed by atoms with van der Waals surface area (Å²) < 4.78 is 18.3. The first-order valence-electron chi connectivity index (χ1n) is 22.8. The Hall–Kier alpha value is -7.24. The number of aromatic nitrogens is 3. The molecule has 5 heteroatoms. The van der Waals surface area contributed by atoms with E-state index < -0.39 is 0 Å². The largest absolute Gasteiger partial charge is 0.460 e. The van der Waals surface area contributed by atoms with Gasteiger partial charge in [0.1, 0.15) is 28.4 Å². The van der Waals surface area contributed by atoms with E-state index in [9.17, 15) is 0 Å². The molecule has 3 heterocycles. The number of imidazole rings is 1. The van der Waals surface area contributed by atoms with E-state index in [0.717, 1.165) is 96.4 Å². The molecule has 0 unspecified atom stereocenters. The number of fused-ring (bicyclic) bond motifs is 5. The molecule has 0 amide bonds. The van der Waals surface area contributed by atoms with Gasteiger partial charge in [-0.2, -0.15) is 0 Å². The normalized spacial score (nSPS) is 14.5. The Balaban J connectivity index is 1.11. The van der Waals surface area contributed by atoms with E-state index in [4.69, 9.17) is 14.1 Å². The van der Waals surface area contributed by atoms with Crippen molar-refractivity contribution in [3.8, 4) is 56.4 Å². The van der Waals surface area contributed by atoms with Crippen molar-refractivity contribution < 1.29 is 13.7 Å². The van der Waals surface area contributed by atoms with Crippen molar-refractivity contribution in [2.75, 3.05) is 0 Å². The van der Waals surface area contributed by atoms with Gasteiger partial charge in [-0.15, -0.1) is 0 Å². The standard InChI is InChI=1S/C60H53N3O2/c1-58(2,3)42-31-41(51-36-49-50(37-61-51)60(6,7)30-29-59(49,4)5)32-43(33-42)64-44-34-48-47-23-14-17-28-55(47)65-57(48)54(35-44)62-38-63(53-27-16-15-26-52(53)62)56-45(39-19-10-8-11-20-39)24-18-25-46(56)40-21-12-9-13-22-40/h8-28,31-37H,29-30H2,1-7H3. The van der Waals surface area contributed by atoms with Gasteiger partial charge in [0.15, 0.2) is 0 Å². The summed E-state index contributed by atoms with van der Waals surface area (Å²) in [6.45, 7) is 16.2. The topological polar surface area (TPSA) is 44.1 Å². The molecule has 10 aromatic rings. The second-order valence-electron chi connectivity index (χ2n) is 20.1. The molecule has 3 aromatic heterocycles. The van der Waals surface area contributed by atoms with E-state index >= 15 is 0 Å². The summed E-state index contributed by atoms with van der Waals surface area (Å²) in [5.41, 5.74) is 15.8. The van der Waals surface area contributed by atoms with Crippen LogP contribution < -0.4 is 9.30 Å². The minimum absolute atomic E-state index is 0.0627. The Kier molecular flexibility index (Phi) is 9.48. The third-order valence-corrected chi connectivity index (χ3v) is 13.7. The smallest absolute Gasteiger partial charge is 0.270 e. The van der Waals surface area contributed by atoms with Crippen molar-refractivity contribution >= 4 is 33.0 Å². The molecule has 0 saturated carbocycles. The van der Waals surface area contributed by atoms with Gasteiger partial charge in [-0.05, 0) is 110 Å². The Labute approximate surface area is 381 Å². The van der Waals surface area contributed by atoms with Gasteiger partial charge in [-0.25, -0.2) is 0 Å². The summed E-state index contributed by atoms with van der Waals surface area (Å²) in [6, 6.07) is 57.7. The molecule has 1 aliphatic carbocycles. The van der Waals surface area contributed by atoms with E-state index in [1.54, 1.807) is 0 Å². The quantitative estimate of drug-likeness (QED) is 0.119. The predicted octanol–water partition coefficient (Wildman–Crippen LogP) is 15.4. The van der Waals surface area contributed by atoms with Gasteiger partial charge in [0.05, 0.1) is 22.4 Å². The summed E-state index contributed by atoms with van der Waals surface area (Å²) in [5.74, 6) is 1.45. The number of nitrogens with zero attached hydrogens (tertiary/aromatic N) is 3. The Morgan fingerprint density at radius 3 is 1.95 bits per heavy atom. The summed E-state index contributed by atoms with van der Waals surface area (Å²) in [5, 5.41) is 1.99. The van der Waals surface area contributed by atoms with Crippen molar-refractivity contribution in [3.05, 3.63) is 193 Å². The van der Waals surface area contributed by atoms with E-state index in [2.05, 4.69) is 222 Å². The third kappa shape index (κ3) is 7.11. The van der Waals surface area contributed by atoms with Gasteiger partial charge < -0.3 is 9.15 Å². The Morgan fingerprint density at radius 1 is 0.615 bits per heavy atom. The number of pyridine rings is 1. The van der Waals surface area contributed by atoms with Crippen LogP contribution in [0.1, 0.15) is 78.0 Å². The first-order chi connectivity index (χ1) is 31.3. The average molecular weight is 848 g/mol. The van der Waals surface area contributed by atoms with Crippen molar-refractivity contribution in [2.45, 2.75) is 77.6 Å². The summed E-state index contributed by atoms with van der Waals surface area (Å²) >= 11 is 0. The van der Waals surface area contributed by atoms with Gasteiger partial charge >= 0.3 is 0 Å². The van der Waals surface area contributed by atoms with Gasteiger partial charge in [-0.1, -0.05) is 170 Å². The fraction of sp³-hybridized carbons (Fsp3) is 0.200. The number of benzene rings is 7. The molecular formula is C60H53N3O2. The molecule has 0 aliphatic heterocycles. The first kappa shape index (κ1) is 40.5. The zero-order valence-corrected chi connectivity index (χ0v) is 38.2. The second-order valence-corrected chi connectivity index (χ2v) is 20.1. The van der Waals surface area contributed by atoms with Crippen LogP contribution in [0.2, 0.25) is 0 Å². The van der Waals surface area contributed by atoms with Crippen LogP contribution in [0.4, 0.5) is 0 Å². The fourth-order valence-corrected chi connectivity index (χ4v) is 9.88. The molecule has 0 saturated heterocycles. The maximum absolute atomic E-state index is 7.11. The lowest BCUT2D eigenvalue weighted by molar-refractivity contribution is -0.571. The highest BCUT2D eigenvalue weighted by Gasteiger charge is 2.37. The van der Waals surface area contributed by atoms with Crippen LogP contribution in [0.25, 0.3) is 77.9 Å². The molecule has 0 atom stereocenters. The Morgan fingerprint density at radius 2 is 1.25 bits per heavy atom. The van der Waals surface area contributed by atoms with Gasteiger partial charge in [0.2, 0.25) is 0 Å². The second kappa shape index (κ2) is 15.2. The van der Waals surface area contributed by atoms with Crippen LogP contribution in [0.5, 0.6) is 11.5 Å². The van der Waals surface area contributed by atoms with E-state index in [1.165, 1.54) is 16.7 Å². The lowest BCUT2D eigenvalue weighted by Crippen LogP contribution is -2.34. The molecular weight excluding hydrogens is 795 g/mol. The van der Waals surface area contributed by atoms with E-state index in [1.807, 2.05) is 12.1 Å². The molecule has 1 aliphatic rings. The highest BCUT2D eigenvalue weighted by atomic mass is 16.5. The van der Waals surface area contributed by atoms with Crippen molar-refractivity contribution in [1.82, 2.24) is 9.55 Å². The maximum atomic E-state index is 7.11. The van der Waals surface area contributed by atoms with Gasteiger partial charge in [-0.3, -0.25) is 14.1 Å². The summed E-state index contributed by atoms with van der Waals surface area (Å²) in [6.07, 6.45) is 8.30. The highest BCUT2D eigenvalue weighted by molar-refractivity contribution is 6.07. The number of ether oxygens (including phenoxy) is 1. The number of furan rings is 1. The number of rotatable bonds is 7. The minimum atomic E-state index is -0.138. The first-order valence-corrected chi connectivity index (χ1v) is 22.8. The lowest BCUT2D eigenvalue weighted by Gasteiger charge is -2.41. The van der Waals surface area contributed by atoms with Crippen LogP contribution in [0.15, 0.2) is 174 Å². The fourth-order valence-electron chi connectivity index (χ4n) is 9.88. The summed E-state index contributed by atoms with van der Waals surface area (Å²) in [7, 11) is 0. The van der Waals surface area contributed by atoms with Gasteiger partial charge in [0, 0.05) is 22.5 Å². The molecule has 0 N–H and O–H groups in total. The number of para-hydroxylation sites is 4.